The third-order valence-electron chi connectivity index (χ3n) is 2.77. The van der Waals surface area contributed by atoms with E-state index in [1.54, 1.807) is 17.3 Å². The van der Waals surface area contributed by atoms with Gasteiger partial charge in [0.2, 0.25) is 5.91 Å². The van der Waals surface area contributed by atoms with E-state index in [0.717, 1.165) is 4.90 Å². The summed E-state index contributed by atoms with van der Waals surface area (Å²) >= 11 is 1.48. The van der Waals surface area contributed by atoms with E-state index >= 15 is 0 Å². The molecule has 0 aromatic carbocycles. The summed E-state index contributed by atoms with van der Waals surface area (Å²) in [5, 5.41) is 9.21. The topological polar surface area (TPSA) is 62.7 Å². The monoisotopic (exact) mass is 268 g/mol. The first kappa shape index (κ1) is 13.3. The zero-order chi connectivity index (χ0) is 12.8. The summed E-state index contributed by atoms with van der Waals surface area (Å²) in [6, 6.07) is 3.55. The first-order chi connectivity index (χ1) is 8.81. The number of thioether (sulfide) groups is 1. The number of carbonyl (C=O) groups is 1. The lowest BCUT2D eigenvalue weighted by molar-refractivity contribution is -0.138. The number of hydrogen-bond donors (Lipinski definition) is 1. The Morgan fingerprint density at radius 2 is 2.33 bits per heavy atom. The molecule has 1 amide bonds. The molecule has 1 aliphatic rings. The highest BCUT2D eigenvalue weighted by Gasteiger charge is 2.26. The number of carbonyl (C=O) groups excluding carboxylic acids is 1. The molecule has 1 saturated heterocycles. The number of aliphatic hydroxyl groups is 1. The minimum absolute atomic E-state index is 0.0409. The first-order valence-corrected chi connectivity index (χ1v) is 6.80. The molecule has 1 N–H and O–H groups in total. The molecular formula is C12H16N2O3S. The molecule has 0 saturated carbocycles. The van der Waals surface area contributed by atoms with Crippen LogP contribution in [0.25, 0.3) is 0 Å². The quantitative estimate of drug-likeness (QED) is 0.801. The summed E-state index contributed by atoms with van der Waals surface area (Å²) in [5.74, 6) is 0.416. The number of rotatable bonds is 4. The largest absolute Gasteiger partial charge is 0.394 e. The molecule has 18 heavy (non-hydrogen) atoms. The van der Waals surface area contributed by atoms with Gasteiger partial charge in [-0.3, -0.25) is 9.78 Å². The third-order valence-corrected chi connectivity index (χ3v) is 3.77. The van der Waals surface area contributed by atoms with Crippen molar-refractivity contribution in [2.45, 2.75) is 10.9 Å². The van der Waals surface area contributed by atoms with E-state index in [1.807, 2.05) is 12.1 Å². The molecule has 1 aromatic rings. The van der Waals surface area contributed by atoms with Crippen LogP contribution in [0.15, 0.2) is 29.4 Å². The highest BCUT2D eigenvalue weighted by atomic mass is 32.2. The number of hydrogen-bond acceptors (Lipinski definition) is 5. The lowest BCUT2D eigenvalue weighted by Crippen LogP contribution is -2.51. The van der Waals surface area contributed by atoms with Crippen molar-refractivity contribution in [2.75, 3.05) is 32.1 Å². The Balaban J connectivity index is 1.87. The molecule has 2 heterocycles. The van der Waals surface area contributed by atoms with Crippen LogP contribution in [0.3, 0.4) is 0 Å². The van der Waals surface area contributed by atoms with Gasteiger partial charge in [-0.25, -0.2) is 0 Å². The van der Waals surface area contributed by atoms with E-state index < -0.39 is 0 Å². The van der Waals surface area contributed by atoms with E-state index in [-0.39, 0.29) is 18.6 Å². The van der Waals surface area contributed by atoms with Crippen molar-refractivity contribution >= 4 is 17.7 Å². The molecular weight excluding hydrogens is 252 g/mol. The van der Waals surface area contributed by atoms with E-state index in [4.69, 9.17) is 4.74 Å². The summed E-state index contributed by atoms with van der Waals surface area (Å²) in [6.45, 7) is 1.47. The van der Waals surface area contributed by atoms with E-state index in [2.05, 4.69) is 4.98 Å². The predicted octanol–water partition coefficient (Wildman–Crippen LogP) is 0.393. The van der Waals surface area contributed by atoms with Gasteiger partial charge in [0.25, 0.3) is 0 Å². The van der Waals surface area contributed by atoms with Gasteiger partial charge in [-0.15, -0.1) is 11.8 Å². The summed E-state index contributed by atoms with van der Waals surface area (Å²) in [4.78, 5) is 18.7. The fraction of sp³-hybridized carbons (Fsp3) is 0.500. The molecule has 2 rings (SSSR count). The van der Waals surface area contributed by atoms with Crippen LogP contribution in [-0.2, 0) is 9.53 Å². The maximum atomic E-state index is 12.1. The number of aliphatic hydroxyl groups excluding tert-OH is 1. The van der Waals surface area contributed by atoms with Gasteiger partial charge < -0.3 is 14.7 Å². The van der Waals surface area contributed by atoms with E-state index in [1.165, 1.54) is 11.8 Å². The number of morpholine rings is 1. The first-order valence-electron chi connectivity index (χ1n) is 5.82. The average molecular weight is 268 g/mol. The highest BCUT2D eigenvalue weighted by Crippen LogP contribution is 2.18. The predicted molar refractivity (Wildman–Crippen MR) is 68.4 cm³/mol. The van der Waals surface area contributed by atoms with Gasteiger partial charge in [0.1, 0.15) is 0 Å². The van der Waals surface area contributed by atoms with Crippen molar-refractivity contribution in [3.63, 3.8) is 0 Å². The van der Waals surface area contributed by atoms with Gasteiger partial charge in [-0.1, -0.05) is 0 Å². The standard InChI is InChI=1S/C12H16N2O3S/c15-7-10-8-17-6-5-14(10)12(16)9-18-11-1-3-13-4-2-11/h1-4,10,15H,5-9H2/t10-/m1/s1. The Labute approximate surface area is 110 Å². The van der Waals surface area contributed by atoms with Crippen molar-refractivity contribution in [3.8, 4) is 0 Å². The average Bonchev–Trinajstić information content (AvgIpc) is 2.45. The van der Waals surface area contributed by atoms with Crippen LogP contribution >= 0.6 is 11.8 Å². The zero-order valence-corrected chi connectivity index (χ0v) is 10.8. The van der Waals surface area contributed by atoms with Crippen molar-refractivity contribution in [2.24, 2.45) is 0 Å². The molecule has 0 spiro atoms. The Bertz CT molecular complexity index is 388. The minimum atomic E-state index is -0.204. The Morgan fingerprint density at radius 1 is 1.56 bits per heavy atom. The zero-order valence-electron chi connectivity index (χ0n) is 9.99. The van der Waals surface area contributed by atoms with Crippen LogP contribution in [0.1, 0.15) is 0 Å². The number of pyridine rings is 1. The van der Waals surface area contributed by atoms with Crippen LogP contribution in [0.4, 0.5) is 0 Å². The number of aromatic nitrogens is 1. The molecule has 6 heteroatoms. The molecule has 0 bridgehead atoms. The van der Waals surface area contributed by atoms with Crippen LogP contribution in [-0.4, -0.2) is 59.1 Å². The third kappa shape index (κ3) is 3.44. The molecule has 1 aliphatic heterocycles. The molecule has 1 atom stereocenters. The fourth-order valence-corrected chi connectivity index (χ4v) is 2.57. The molecule has 0 unspecified atom stereocenters. The van der Waals surface area contributed by atoms with Gasteiger partial charge in [0, 0.05) is 23.8 Å². The van der Waals surface area contributed by atoms with Gasteiger partial charge in [-0.2, -0.15) is 0 Å². The van der Waals surface area contributed by atoms with Crippen LogP contribution in [0.5, 0.6) is 0 Å². The summed E-state index contributed by atoms with van der Waals surface area (Å²) in [7, 11) is 0. The molecule has 1 aromatic heterocycles. The number of ether oxygens (including phenoxy) is 1. The number of nitrogens with zero attached hydrogens (tertiary/aromatic N) is 2. The smallest absolute Gasteiger partial charge is 0.233 e. The van der Waals surface area contributed by atoms with Crippen LogP contribution in [0.2, 0.25) is 0 Å². The summed E-state index contributed by atoms with van der Waals surface area (Å²) in [6.07, 6.45) is 3.41. The highest BCUT2D eigenvalue weighted by molar-refractivity contribution is 8.00. The fourth-order valence-electron chi connectivity index (χ4n) is 1.80. The second kappa shape index (κ2) is 6.72. The lowest BCUT2D eigenvalue weighted by Gasteiger charge is -2.34. The Morgan fingerprint density at radius 3 is 3.06 bits per heavy atom. The Hall–Kier alpha value is -1.11. The molecule has 0 aliphatic carbocycles. The molecule has 0 radical (unpaired) electrons. The molecule has 5 nitrogen and oxygen atoms in total. The van der Waals surface area contributed by atoms with Crippen LogP contribution < -0.4 is 0 Å². The molecule has 98 valence electrons. The maximum absolute atomic E-state index is 12.1. The SMILES string of the molecule is O=C(CSc1ccncc1)N1CCOC[C@H]1CO. The maximum Gasteiger partial charge on any atom is 0.233 e. The summed E-state index contributed by atoms with van der Waals surface area (Å²) < 4.78 is 5.25. The van der Waals surface area contributed by atoms with Crippen molar-refractivity contribution in [3.05, 3.63) is 24.5 Å². The van der Waals surface area contributed by atoms with E-state index in [9.17, 15) is 9.90 Å². The summed E-state index contributed by atoms with van der Waals surface area (Å²) in [5.41, 5.74) is 0. The molecule has 1 fully saturated rings. The van der Waals surface area contributed by atoms with Crippen molar-refractivity contribution < 1.29 is 14.6 Å². The van der Waals surface area contributed by atoms with Crippen molar-refractivity contribution in [1.82, 2.24) is 9.88 Å². The van der Waals surface area contributed by atoms with Gasteiger partial charge >= 0.3 is 0 Å². The van der Waals surface area contributed by atoms with Gasteiger partial charge in [0.15, 0.2) is 0 Å². The lowest BCUT2D eigenvalue weighted by atomic mass is 10.2. The normalized spacial score (nSPS) is 19.8. The van der Waals surface area contributed by atoms with Gasteiger partial charge in [0.05, 0.1) is 31.6 Å². The van der Waals surface area contributed by atoms with E-state index in [0.29, 0.717) is 25.5 Å². The van der Waals surface area contributed by atoms with Gasteiger partial charge in [-0.05, 0) is 12.1 Å². The minimum Gasteiger partial charge on any atom is -0.394 e. The number of amides is 1. The second-order valence-electron chi connectivity index (χ2n) is 3.97. The second-order valence-corrected chi connectivity index (χ2v) is 5.02. The van der Waals surface area contributed by atoms with Crippen LogP contribution in [0, 0.1) is 0 Å². The Kier molecular flexibility index (Phi) is 4.98. The van der Waals surface area contributed by atoms with Crippen molar-refractivity contribution in [1.29, 1.82) is 0 Å².